The highest BCUT2D eigenvalue weighted by atomic mass is 35.5. The van der Waals surface area contributed by atoms with Crippen molar-refractivity contribution in [3.8, 4) is 0 Å². The summed E-state index contributed by atoms with van der Waals surface area (Å²) in [7, 11) is 0. The number of aryl methyl sites for hydroxylation is 2. The second-order valence-electron chi connectivity index (χ2n) is 4.38. The van der Waals surface area contributed by atoms with Gasteiger partial charge in [-0.05, 0) is 26.0 Å². The fourth-order valence-electron chi connectivity index (χ4n) is 1.88. The van der Waals surface area contributed by atoms with Gasteiger partial charge in [0.2, 0.25) is 0 Å². The molecule has 0 aliphatic rings. The Hall–Kier alpha value is -2.05. The Labute approximate surface area is 130 Å². The molecule has 0 atom stereocenters. The van der Waals surface area contributed by atoms with Gasteiger partial charge >= 0.3 is 5.97 Å². The molecule has 0 aliphatic heterocycles. The van der Waals surface area contributed by atoms with E-state index < -0.39 is 11.9 Å². The molecule has 0 radical (unpaired) electrons. The number of carbonyl (C=O) groups excluding carboxylic acids is 1. The van der Waals surface area contributed by atoms with Crippen LogP contribution in [0.3, 0.4) is 0 Å². The van der Waals surface area contributed by atoms with Crippen molar-refractivity contribution >= 4 is 40.8 Å². The summed E-state index contributed by atoms with van der Waals surface area (Å²) in [6, 6.07) is 2.45. The van der Waals surface area contributed by atoms with Crippen LogP contribution in [-0.4, -0.2) is 27.2 Å². The highest BCUT2D eigenvalue weighted by Crippen LogP contribution is 2.32. The van der Waals surface area contributed by atoms with Gasteiger partial charge < -0.3 is 10.4 Å². The van der Waals surface area contributed by atoms with E-state index in [1.807, 2.05) is 0 Å². The zero-order chi connectivity index (χ0) is 15.7. The standard InChI is InChI=1S/C13H11Cl2N3O3/c1-5-10(6(2)18-17-5)12(19)16-11-8(14)3-7(13(20)21)4-9(11)15/h3-4H,1-2H3,(H,16,19)(H,17,18)(H,20,21). The number of aromatic amines is 1. The molecule has 110 valence electrons. The molecule has 0 saturated heterocycles. The van der Waals surface area contributed by atoms with Gasteiger partial charge in [0.25, 0.3) is 5.91 Å². The lowest BCUT2D eigenvalue weighted by atomic mass is 10.1. The fraction of sp³-hybridized carbons (Fsp3) is 0.154. The number of rotatable bonds is 3. The summed E-state index contributed by atoms with van der Waals surface area (Å²) in [5.41, 5.74) is 1.65. The van der Waals surface area contributed by atoms with Crippen molar-refractivity contribution in [1.82, 2.24) is 10.2 Å². The van der Waals surface area contributed by atoms with Gasteiger partial charge in [-0.15, -0.1) is 0 Å². The average molecular weight is 328 g/mol. The third-order valence-electron chi connectivity index (χ3n) is 2.88. The van der Waals surface area contributed by atoms with Crippen LogP contribution in [0.1, 0.15) is 32.1 Å². The summed E-state index contributed by atoms with van der Waals surface area (Å²) >= 11 is 12.0. The molecule has 1 aromatic heterocycles. The Morgan fingerprint density at radius 3 is 2.24 bits per heavy atom. The molecule has 0 saturated carbocycles. The molecular formula is C13H11Cl2N3O3. The minimum Gasteiger partial charge on any atom is -0.478 e. The van der Waals surface area contributed by atoms with Gasteiger partial charge in [0.1, 0.15) is 0 Å². The molecule has 1 amide bonds. The highest BCUT2D eigenvalue weighted by Gasteiger charge is 2.19. The fourth-order valence-corrected chi connectivity index (χ4v) is 2.46. The number of nitrogens with one attached hydrogen (secondary N) is 2. The SMILES string of the molecule is Cc1n[nH]c(C)c1C(=O)Nc1c(Cl)cc(C(=O)O)cc1Cl. The lowest BCUT2D eigenvalue weighted by molar-refractivity contribution is 0.0696. The number of carbonyl (C=O) groups is 2. The Bertz CT molecular complexity index is 698. The molecule has 0 bridgehead atoms. The number of H-pyrrole nitrogens is 1. The number of hydrogen-bond acceptors (Lipinski definition) is 3. The predicted octanol–water partition coefficient (Wildman–Crippen LogP) is 3.28. The summed E-state index contributed by atoms with van der Waals surface area (Å²) < 4.78 is 0. The maximum Gasteiger partial charge on any atom is 0.335 e. The highest BCUT2D eigenvalue weighted by molar-refractivity contribution is 6.40. The second kappa shape index (κ2) is 5.75. The number of carboxylic acid groups (broad SMARTS) is 1. The molecule has 6 nitrogen and oxygen atoms in total. The zero-order valence-corrected chi connectivity index (χ0v) is 12.6. The van der Waals surface area contributed by atoms with E-state index in [0.29, 0.717) is 17.0 Å². The number of aromatic carboxylic acids is 1. The largest absolute Gasteiger partial charge is 0.478 e. The van der Waals surface area contributed by atoms with E-state index in [0.717, 1.165) is 0 Å². The van der Waals surface area contributed by atoms with Crippen molar-refractivity contribution in [2.24, 2.45) is 0 Å². The van der Waals surface area contributed by atoms with E-state index in [1.54, 1.807) is 13.8 Å². The topological polar surface area (TPSA) is 95.1 Å². The van der Waals surface area contributed by atoms with Gasteiger partial charge in [-0.2, -0.15) is 5.10 Å². The van der Waals surface area contributed by atoms with Gasteiger partial charge in [-0.3, -0.25) is 9.89 Å². The molecule has 1 heterocycles. The maximum atomic E-state index is 12.2. The number of nitrogens with zero attached hydrogens (tertiary/aromatic N) is 1. The van der Waals surface area contributed by atoms with Gasteiger partial charge in [0.05, 0.1) is 32.6 Å². The number of benzene rings is 1. The molecule has 3 N–H and O–H groups in total. The first kappa shape index (κ1) is 15.3. The van der Waals surface area contributed by atoms with Crippen LogP contribution in [0.25, 0.3) is 0 Å². The number of amides is 1. The van der Waals surface area contributed by atoms with Gasteiger partial charge in [0, 0.05) is 5.69 Å². The first-order valence-electron chi connectivity index (χ1n) is 5.86. The molecule has 2 aromatic rings. The normalized spacial score (nSPS) is 10.5. The Kier molecular flexibility index (Phi) is 4.20. The van der Waals surface area contributed by atoms with Crippen LogP contribution < -0.4 is 5.32 Å². The minimum atomic E-state index is -1.15. The van der Waals surface area contributed by atoms with E-state index in [2.05, 4.69) is 15.5 Å². The van der Waals surface area contributed by atoms with E-state index in [9.17, 15) is 9.59 Å². The van der Waals surface area contributed by atoms with Crippen LogP contribution in [0.15, 0.2) is 12.1 Å². The molecule has 0 spiro atoms. The Morgan fingerprint density at radius 1 is 1.24 bits per heavy atom. The van der Waals surface area contributed by atoms with Crippen molar-refractivity contribution in [2.75, 3.05) is 5.32 Å². The first-order chi connectivity index (χ1) is 9.81. The van der Waals surface area contributed by atoms with Crippen LogP contribution in [0.4, 0.5) is 5.69 Å². The van der Waals surface area contributed by atoms with Crippen molar-refractivity contribution in [2.45, 2.75) is 13.8 Å². The molecular weight excluding hydrogens is 317 g/mol. The number of carboxylic acids is 1. The number of aromatic nitrogens is 2. The first-order valence-corrected chi connectivity index (χ1v) is 6.62. The van der Waals surface area contributed by atoms with E-state index in [4.69, 9.17) is 28.3 Å². The summed E-state index contributed by atoms with van der Waals surface area (Å²) in [4.78, 5) is 23.1. The molecule has 2 rings (SSSR count). The van der Waals surface area contributed by atoms with Crippen LogP contribution >= 0.6 is 23.2 Å². The molecule has 0 fully saturated rings. The lowest BCUT2D eigenvalue weighted by Gasteiger charge is -2.10. The molecule has 8 heteroatoms. The van der Waals surface area contributed by atoms with Crippen molar-refractivity contribution in [3.63, 3.8) is 0 Å². The maximum absolute atomic E-state index is 12.2. The number of halogens is 2. The van der Waals surface area contributed by atoms with E-state index in [1.165, 1.54) is 12.1 Å². The number of anilines is 1. The van der Waals surface area contributed by atoms with Gasteiger partial charge in [-0.1, -0.05) is 23.2 Å². The predicted molar refractivity (Wildman–Crippen MR) is 79.4 cm³/mol. The number of hydrogen-bond donors (Lipinski definition) is 3. The minimum absolute atomic E-state index is 0.0482. The quantitative estimate of drug-likeness (QED) is 0.806. The third kappa shape index (κ3) is 3.01. The summed E-state index contributed by atoms with van der Waals surface area (Å²) in [6.45, 7) is 3.40. The Balaban J connectivity index is 2.36. The van der Waals surface area contributed by atoms with Crippen LogP contribution in [0.2, 0.25) is 10.0 Å². The zero-order valence-electron chi connectivity index (χ0n) is 11.1. The van der Waals surface area contributed by atoms with Crippen LogP contribution in [0.5, 0.6) is 0 Å². The molecule has 21 heavy (non-hydrogen) atoms. The van der Waals surface area contributed by atoms with Gasteiger partial charge in [0.15, 0.2) is 0 Å². The monoisotopic (exact) mass is 327 g/mol. The van der Waals surface area contributed by atoms with Gasteiger partial charge in [-0.25, -0.2) is 4.79 Å². The van der Waals surface area contributed by atoms with Crippen molar-refractivity contribution in [3.05, 3.63) is 44.7 Å². The average Bonchev–Trinajstić information content (AvgIpc) is 2.73. The van der Waals surface area contributed by atoms with Crippen LogP contribution in [0, 0.1) is 13.8 Å². The molecule has 0 unspecified atom stereocenters. The van der Waals surface area contributed by atoms with E-state index in [-0.39, 0.29) is 21.3 Å². The second-order valence-corrected chi connectivity index (χ2v) is 5.20. The van der Waals surface area contributed by atoms with Crippen molar-refractivity contribution < 1.29 is 14.7 Å². The smallest absolute Gasteiger partial charge is 0.335 e. The van der Waals surface area contributed by atoms with Crippen LogP contribution in [-0.2, 0) is 0 Å². The third-order valence-corrected chi connectivity index (χ3v) is 3.48. The van der Waals surface area contributed by atoms with Crippen molar-refractivity contribution in [1.29, 1.82) is 0 Å². The molecule has 0 aliphatic carbocycles. The van der Waals surface area contributed by atoms with E-state index >= 15 is 0 Å². The molecule has 1 aromatic carbocycles. The summed E-state index contributed by atoms with van der Waals surface area (Å²) in [5, 5.41) is 18.2. The summed E-state index contributed by atoms with van der Waals surface area (Å²) in [6.07, 6.45) is 0. The Morgan fingerprint density at radius 2 is 1.81 bits per heavy atom. The summed E-state index contributed by atoms with van der Waals surface area (Å²) in [5.74, 6) is -1.58. The lowest BCUT2D eigenvalue weighted by Crippen LogP contribution is -2.14.